The predicted molar refractivity (Wildman–Crippen MR) is 111 cm³/mol. The van der Waals surface area contributed by atoms with E-state index in [0.717, 1.165) is 42.7 Å². The summed E-state index contributed by atoms with van der Waals surface area (Å²) < 4.78 is 5.52. The van der Waals surface area contributed by atoms with Crippen LogP contribution in [0.25, 0.3) is 11.0 Å². The van der Waals surface area contributed by atoms with Crippen LogP contribution in [0, 0.1) is 11.8 Å². The molecule has 0 bridgehead atoms. The van der Waals surface area contributed by atoms with E-state index in [4.69, 9.17) is 9.72 Å². The molecule has 3 atom stereocenters. The SMILES string of the molecule is COc1nc2ccccc2nc1N1CCC[C@H](C(=O)N[C@@H]2CCCC[C@H]2C)C1. The van der Waals surface area contributed by atoms with Crippen molar-refractivity contribution in [2.45, 2.75) is 51.5 Å². The van der Waals surface area contributed by atoms with E-state index < -0.39 is 0 Å². The zero-order valence-electron chi connectivity index (χ0n) is 16.9. The highest BCUT2D eigenvalue weighted by molar-refractivity contribution is 5.81. The number of amides is 1. The number of aromatic nitrogens is 2. The van der Waals surface area contributed by atoms with Gasteiger partial charge in [0.2, 0.25) is 5.91 Å². The van der Waals surface area contributed by atoms with E-state index in [1.165, 1.54) is 19.3 Å². The van der Waals surface area contributed by atoms with Crippen LogP contribution >= 0.6 is 0 Å². The topological polar surface area (TPSA) is 67.4 Å². The minimum absolute atomic E-state index is 0.0131. The van der Waals surface area contributed by atoms with Gasteiger partial charge in [0, 0.05) is 19.1 Å². The number of anilines is 1. The number of methoxy groups -OCH3 is 1. The van der Waals surface area contributed by atoms with Gasteiger partial charge in [-0.05, 0) is 43.7 Å². The molecule has 1 N–H and O–H groups in total. The van der Waals surface area contributed by atoms with E-state index in [0.29, 0.717) is 24.4 Å². The third kappa shape index (κ3) is 3.91. The molecule has 0 radical (unpaired) electrons. The lowest BCUT2D eigenvalue weighted by molar-refractivity contribution is -0.126. The average molecular weight is 383 g/mol. The number of carbonyl (C=O) groups excluding carboxylic acids is 1. The molecule has 1 aliphatic heterocycles. The molecule has 28 heavy (non-hydrogen) atoms. The number of carbonyl (C=O) groups is 1. The lowest BCUT2D eigenvalue weighted by atomic mass is 9.85. The fraction of sp³-hybridized carbons (Fsp3) is 0.591. The first-order chi connectivity index (χ1) is 13.7. The molecule has 1 saturated heterocycles. The second-order valence-electron chi connectivity index (χ2n) is 8.21. The maximum atomic E-state index is 13.0. The van der Waals surface area contributed by atoms with Gasteiger partial charge in [-0.2, -0.15) is 0 Å². The molecule has 1 saturated carbocycles. The largest absolute Gasteiger partial charge is 0.478 e. The van der Waals surface area contributed by atoms with Crippen molar-refractivity contribution in [2.75, 3.05) is 25.1 Å². The third-order valence-electron chi connectivity index (χ3n) is 6.25. The standard InChI is InChI=1S/C22H30N4O2/c1-15-8-3-4-10-17(15)24-21(27)16-9-7-13-26(14-16)20-22(28-2)25-19-12-6-5-11-18(19)23-20/h5-6,11-12,15-17H,3-4,7-10,13-14H2,1-2H3,(H,24,27)/t15-,16+,17-/m1/s1. The van der Waals surface area contributed by atoms with E-state index in [2.05, 4.69) is 22.1 Å². The van der Waals surface area contributed by atoms with Gasteiger partial charge in [-0.1, -0.05) is 31.9 Å². The van der Waals surface area contributed by atoms with Gasteiger partial charge in [-0.3, -0.25) is 4.79 Å². The summed E-state index contributed by atoms with van der Waals surface area (Å²) in [6.45, 7) is 3.79. The van der Waals surface area contributed by atoms with Gasteiger partial charge in [-0.25, -0.2) is 9.97 Å². The molecule has 2 fully saturated rings. The number of hydrogen-bond donors (Lipinski definition) is 1. The van der Waals surface area contributed by atoms with Crippen molar-refractivity contribution in [1.82, 2.24) is 15.3 Å². The zero-order chi connectivity index (χ0) is 19.5. The molecule has 2 aromatic rings. The van der Waals surface area contributed by atoms with Crippen LogP contribution in [0.2, 0.25) is 0 Å². The molecular formula is C22H30N4O2. The van der Waals surface area contributed by atoms with Gasteiger partial charge in [-0.15, -0.1) is 0 Å². The lowest BCUT2D eigenvalue weighted by Gasteiger charge is -2.35. The van der Waals surface area contributed by atoms with Crippen LogP contribution in [-0.4, -0.2) is 42.1 Å². The molecule has 1 aliphatic carbocycles. The molecule has 0 spiro atoms. The Labute approximate surface area is 166 Å². The fourth-order valence-corrected chi connectivity index (χ4v) is 4.53. The highest BCUT2D eigenvalue weighted by atomic mass is 16.5. The lowest BCUT2D eigenvalue weighted by Crippen LogP contribution is -2.48. The van der Waals surface area contributed by atoms with Crippen LogP contribution in [0.4, 0.5) is 5.82 Å². The van der Waals surface area contributed by atoms with E-state index in [9.17, 15) is 4.79 Å². The normalized spacial score (nSPS) is 25.5. The molecule has 4 rings (SSSR count). The Morgan fingerprint density at radius 2 is 1.86 bits per heavy atom. The van der Waals surface area contributed by atoms with E-state index in [-0.39, 0.29) is 11.8 Å². The molecule has 150 valence electrons. The van der Waals surface area contributed by atoms with E-state index in [1.807, 2.05) is 24.3 Å². The number of hydrogen-bond acceptors (Lipinski definition) is 5. The molecule has 6 nitrogen and oxygen atoms in total. The summed E-state index contributed by atoms with van der Waals surface area (Å²) in [5.41, 5.74) is 1.67. The summed E-state index contributed by atoms with van der Waals surface area (Å²) in [6, 6.07) is 8.14. The Kier molecular flexibility index (Phi) is 5.64. The minimum atomic E-state index is -0.0131. The average Bonchev–Trinajstić information content (AvgIpc) is 2.74. The van der Waals surface area contributed by atoms with Crippen molar-refractivity contribution in [3.8, 4) is 5.88 Å². The summed E-state index contributed by atoms with van der Waals surface area (Å²) in [5, 5.41) is 3.34. The first-order valence-electron chi connectivity index (χ1n) is 10.5. The molecule has 1 aromatic heterocycles. The summed E-state index contributed by atoms with van der Waals surface area (Å²) in [6.07, 6.45) is 6.71. The molecule has 0 unspecified atom stereocenters. The Morgan fingerprint density at radius 1 is 1.11 bits per heavy atom. The maximum absolute atomic E-state index is 13.0. The van der Waals surface area contributed by atoms with E-state index >= 15 is 0 Å². The van der Waals surface area contributed by atoms with Crippen molar-refractivity contribution in [1.29, 1.82) is 0 Å². The summed E-state index contributed by atoms with van der Waals surface area (Å²) in [4.78, 5) is 24.5. The quantitative estimate of drug-likeness (QED) is 0.876. The number of nitrogens with zero attached hydrogens (tertiary/aromatic N) is 3. The van der Waals surface area contributed by atoms with Crippen molar-refractivity contribution in [3.05, 3.63) is 24.3 Å². The van der Waals surface area contributed by atoms with Crippen LogP contribution in [0.3, 0.4) is 0 Å². The van der Waals surface area contributed by atoms with Gasteiger partial charge >= 0.3 is 0 Å². The number of nitrogens with one attached hydrogen (secondary N) is 1. The number of ether oxygens (including phenoxy) is 1. The van der Waals surface area contributed by atoms with E-state index in [1.54, 1.807) is 7.11 Å². The highest BCUT2D eigenvalue weighted by Crippen LogP contribution is 2.31. The molecule has 2 aliphatic rings. The van der Waals surface area contributed by atoms with Gasteiger partial charge in [0.1, 0.15) is 0 Å². The molecule has 6 heteroatoms. The van der Waals surface area contributed by atoms with Crippen LogP contribution in [-0.2, 0) is 4.79 Å². The van der Waals surface area contributed by atoms with Gasteiger partial charge in [0.05, 0.1) is 24.1 Å². The Balaban J connectivity index is 1.50. The van der Waals surface area contributed by atoms with Crippen molar-refractivity contribution in [2.24, 2.45) is 11.8 Å². The second-order valence-corrected chi connectivity index (χ2v) is 8.21. The third-order valence-corrected chi connectivity index (χ3v) is 6.25. The first kappa shape index (κ1) is 19.0. The molecular weight excluding hydrogens is 352 g/mol. The second kappa shape index (κ2) is 8.33. The van der Waals surface area contributed by atoms with Crippen LogP contribution in [0.5, 0.6) is 5.88 Å². The summed E-state index contributed by atoms with van der Waals surface area (Å²) in [5.74, 6) is 2.02. The zero-order valence-corrected chi connectivity index (χ0v) is 16.9. The highest BCUT2D eigenvalue weighted by Gasteiger charge is 2.31. The van der Waals surface area contributed by atoms with Crippen LogP contribution in [0.15, 0.2) is 24.3 Å². The van der Waals surface area contributed by atoms with Crippen LogP contribution in [0.1, 0.15) is 45.4 Å². The number of benzene rings is 1. The monoisotopic (exact) mass is 382 g/mol. The van der Waals surface area contributed by atoms with Gasteiger partial charge in [0.25, 0.3) is 5.88 Å². The molecule has 1 amide bonds. The smallest absolute Gasteiger partial charge is 0.257 e. The molecule has 2 heterocycles. The summed E-state index contributed by atoms with van der Waals surface area (Å²) >= 11 is 0. The van der Waals surface area contributed by atoms with Crippen LogP contribution < -0.4 is 15.0 Å². The van der Waals surface area contributed by atoms with Gasteiger partial charge < -0.3 is 15.0 Å². The number of para-hydroxylation sites is 2. The predicted octanol–water partition coefficient (Wildman–Crippen LogP) is 3.55. The first-order valence-corrected chi connectivity index (χ1v) is 10.5. The Hall–Kier alpha value is -2.37. The Morgan fingerprint density at radius 3 is 2.61 bits per heavy atom. The van der Waals surface area contributed by atoms with Gasteiger partial charge in [0.15, 0.2) is 5.82 Å². The molecule has 1 aromatic carbocycles. The number of fused-ring (bicyclic) bond motifs is 1. The minimum Gasteiger partial charge on any atom is -0.478 e. The fourth-order valence-electron chi connectivity index (χ4n) is 4.53. The maximum Gasteiger partial charge on any atom is 0.257 e. The number of piperidine rings is 1. The van der Waals surface area contributed by atoms with Crippen molar-refractivity contribution < 1.29 is 9.53 Å². The summed E-state index contributed by atoms with van der Waals surface area (Å²) in [7, 11) is 1.63. The Bertz CT molecular complexity index is 840. The van der Waals surface area contributed by atoms with Crippen molar-refractivity contribution in [3.63, 3.8) is 0 Å². The number of rotatable bonds is 4. The van der Waals surface area contributed by atoms with Crippen molar-refractivity contribution >= 4 is 22.8 Å².